The molecule has 1 amide bonds. The lowest BCUT2D eigenvalue weighted by molar-refractivity contribution is 0.0453. The van der Waals surface area contributed by atoms with Gasteiger partial charge in [0.25, 0.3) is 0 Å². The quantitative estimate of drug-likeness (QED) is 0.756. The molecule has 4 heteroatoms. The lowest BCUT2D eigenvalue weighted by atomic mass is 9.92. The molecule has 1 aliphatic rings. The van der Waals surface area contributed by atoms with Gasteiger partial charge < -0.3 is 14.8 Å². The second kappa shape index (κ2) is 4.24. The minimum Gasteiger partial charge on any atom is -0.444 e. The third-order valence-electron chi connectivity index (χ3n) is 2.60. The molecule has 1 aliphatic heterocycles. The minimum absolute atomic E-state index is 0.00218. The van der Waals surface area contributed by atoms with Crippen LogP contribution in [0.5, 0.6) is 0 Å². The first kappa shape index (κ1) is 13.3. The molecule has 1 saturated heterocycles. The lowest BCUT2D eigenvalue weighted by Gasteiger charge is -2.28. The van der Waals surface area contributed by atoms with Gasteiger partial charge in [0.15, 0.2) is 0 Å². The SMILES string of the molecule is CC(C)[C@@H](NC(=O)OC(C)(C)C)[C@]1(C)CO1. The van der Waals surface area contributed by atoms with E-state index in [-0.39, 0.29) is 17.7 Å². The summed E-state index contributed by atoms with van der Waals surface area (Å²) in [5.41, 5.74) is -0.679. The summed E-state index contributed by atoms with van der Waals surface area (Å²) < 4.78 is 10.6. The predicted octanol–water partition coefficient (Wildman–Crippen LogP) is 2.32. The molecule has 0 saturated carbocycles. The van der Waals surface area contributed by atoms with Crippen molar-refractivity contribution < 1.29 is 14.3 Å². The van der Waals surface area contributed by atoms with Gasteiger partial charge in [0.2, 0.25) is 0 Å². The molecule has 0 aromatic rings. The molecule has 1 heterocycles. The van der Waals surface area contributed by atoms with Crippen molar-refractivity contribution in [3.05, 3.63) is 0 Å². The van der Waals surface area contributed by atoms with Gasteiger partial charge in [-0.1, -0.05) is 13.8 Å². The molecule has 0 aromatic carbocycles. The normalized spacial score (nSPS) is 26.4. The highest BCUT2D eigenvalue weighted by Gasteiger charge is 2.49. The van der Waals surface area contributed by atoms with E-state index in [1.54, 1.807) is 0 Å². The topological polar surface area (TPSA) is 50.9 Å². The summed E-state index contributed by atoms with van der Waals surface area (Å²) in [6.45, 7) is 12.4. The van der Waals surface area contributed by atoms with Crippen molar-refractivity contribution in [2.24, 2.45) is 5.92 Å². The maximum Gasteiger partial charge on any atom is 0.407 e. The van der Waals surface area contributed by atoms with Gasteiger partial charge in [-0.25, -0.2) is 4.79 Å². The van der Waals surface area contributed by atoms with Gasteiger partial charge in [-0.2, -0.15) is 0 Å². The summed E-state index contributed by atoms with van der Waals surface area (Å²) in [5.74, 6) is 0.319. The second-order valence-corrected chi connectivity index (χ2v) is 5.97. The van der Waals surface area contributed by atoms with Gasteiger partial charge in [-0.15, -0.1) is 0 Å². The van der Waals surface area contributed by atoms with Crippen LogP contribution < -0.4 is 5.32 Å². The van der Waals surface area contributed by atoms with Gasteiger partial charge in [0.1, 0.15) is 11.2 Å². The average molecular weight is 229 g/mol. The zero-order valence-corrected chi connectivity index (χ0v) is 11.1. The van der Waals surface area contributed by atoms with Crippen LogP contribution in [0.25, 0.3) is 0 Å². The van der Waals surface area contributed by atoms with Gasteiger partial charge in [0.05, 0.1) is 12.6 Å². The van der Waals surface area contributed by atoms with Crippen molar-refractivity contribution in [1.29, 1.82) is 0 Å². The van der Waals surface area contributed by atoms with Gasteiger partial charge in [0, 0.05) is 0 Å². The van der Waals surface area contributed by atoms with Crippen molar-refractivity contribution in [2.45, 2.75) is 58.8 Å². The molecule has 2 atom stereocenters. The standard InChI is InChI=1S/C12H23NO3/c1-8(2)9(12(6)7-15-12)13-10(14)16-11(3,4)5/h8-9H,7H2,1-6H3,(H,13,14)/t9-,12+/m1/s1. The fourth-order valence-corrected chi connectivity index (χ4v) is 1.75. The fourth-order valence-electron chi connectivity index (χ4n) is 1.75. The van der Waals surface area contributed by atoms with E-state index < -0.39 is 5.60 Å². The average Bonchev–Trinajstić information content (AvgIpc) is 2.76. The van der Waals surface area contributed by atoms with Crippen molar-refractivity contribution in [1.82, 2.24) is 5.32 Å². The van der Waals surface area contributed by atoms with Crippen LogP contribution in [0.1, 0.15) is 41.5 Å². The molecule has 94 valence electrons. The molecule has 0 radical (unpaired) electrons. The van der Waals surface area contributed by atoms with Crippen LogP contribution in [0, 0.1) is 5.92 Å². The highest BCUT2D eigenvalue weighted by atomic mass is 16.6. The van der Waals surface area contributed by atoms with Crippen LogP contribution >= 0.6 is 0 Å². The number of hydrogen-bond donors (Lipinski definition) is 1. The number of nitrogens with one attached hydrogen (secondary N) is 1. The molecule has 0 unspecified atom stereocenters. The van der Waals surface area contributed by atoms with E-state index in [2.05, 4.69) is 19.2 Å². The van der Waals surface area contributed by atoms with E-state index in [9.17, 15) is 4.79 Å². The third-order valence-corrected chi connectivity index (χ3v) is 2.60. The van der Waals surface area contributed by atoms with E-state index in [0.717, 1.165) is 0 Å². The number of rotatable bonds is 3. The monoisotopic (exact) mass is 229 g/mol. The third kappa shape index (κ3) is 3.67. The van der Waals surface area contributed by atoms with E-state index in [1.165, 1.54) is 0 Å². The number of carbonyl (C=O) groups is 1. The molecule has 0 aliphatic carbocycles. The number of hydrogen-bond acceptors (Lipinski definition) is 3. The molecule has 0 bridgehead atoms. The van der Waals surface area contributed by atoms with E-state index in [4.69, 9.17) is 9.47 Å². The van der Waals surface area contributed by atoms with Crippen LogP contribution in [0.2, 0.25) is 0 Å². The number of ether oxygens (including phenoxy) is 2. The van der Waals surface area contributed by atoms with Crippen molar-refractivity contribution in [3.8, 4) is 0 Å². The number of carbonyl (C=O) groups excluding carboxylic acids is 1. The van der Waals surface area contributed by atoms with Crippen molar-refractivity contribution in [2.75, 3.05) is 6.61 Å². The lowest BCUT2D eigenvalue weighted by Crippen LogP contribution is -2.49. The smallest absolute Gasteiger partial charge is 0.407 e. The van der Waals surface area contributed by atoms with Gasteiger partial charge >= 0.3 is 6.09 Å². The Morgan fingerprint density at radius 1 is 1.44 bits per heavy atom. The molecular weight excluding hydrogens is 206 g/mol. The summed E-state index contributed by atoms with van der Waals surface area (Å²) in [7, 11) is 0. The van der Waals surface area contributed by atoms with Gasteiger partial charge in [-0.3, -0.25) is 0 Å². The molecule has 1 N–H and O–H groups in total. The summed E-state index contributed by atoms with van der Waals surface area (Å²) >= 11 is 0. The Labute approximate surface area is 97.7 Å². The minimum atomic E-state index is -0.461. The maximum absolute atomic E-state index is 11.7. The Hall–Kier alpha value is -0.770. The Balaban J connectivity index is 2.53. The molecule has 1 rings (SSSR count). The molecular formula is C12H23NO3. The summed E-state index contributed by atoms with van der Waals surface area (Å²) in [4.78, 5) is 11.7. The predicted molar refractivity (Wildman–Crippen MR) is 62.4 cm³/mol. The zero-order valence-electron chi connectivity index (χ0n) is 11.1. The molecule has 0 aromatic heterocycles. The Bertz CT molecular complexity index is 264. The van der Waals surface area contributed by atoms with E-state index in [0.29, 0.717) is 12.5 Å². The Kier molecular flexibility index (Phi) is 3.53. The largest absolute Gasteiger partial charge is 0.444 e. The first-order valence-electron chi connectivity index (χ1n) is 5.77. The van der Waals surface area contributed by atoms with Crippen molar-refractivity contribution >= 4 is 6.09 Å². The highest BCUT2D eigenvalue weighted by molar-refractivity contribution is 5.68. The maximum atomic E-state index is 11.7. The van der Waals surface area contributed by atoms with Crippen LogP contribution in [0.4, 0.5) is 4.79 Å². The summed E-state index contributed by atoms with van der Waals surface area (Å²) in [6.07, 6.45) is -0.372. The van der Waals surface area contributed by atoms with Gasteiger partial charge in [-0.05, 0) is 33.6 Å². The van der Waals surface area contributed by atoms with E-state index >= 15 is 0 Å². The van der Waals surface area contributed by atoms with E-state index in [1.807, 2.05) is 27.7 Å². The van der Waals surface area contributed by atoms with Crippen LogP contribution in [-0.4, -0.2) is 29.9 Å². The second-order valence-electron chi connectivity index (χ2n) is 5.97. The highest BCUT2D eigenvalue weighted by Crippen LogP contribution is 2.33. The fraction of sp³-hybridized carbons (Fsp3) is 0.917. The van der Waals surface area contributed by atoms with Crippen LogP contribution in [0.3, 0.4) is 0 Å². The zero-order chi connectivity index (χ0) is 12.6. The molecule has 4 nitrogen and oxygen atoms in total. The number of alkyl carbamates (subject to hydrolysis) is 1. The molecule has 1 fully saturated rings. The molecule has 16 heavy (non-hydrogen) atoms. The van der Waals surface area contributed by atoms with Crippen molar-refractivity contribution in [3.63, 3.8) is 0 Å². The summed E-state index contributed by atoms with van der Waals surface area (Å²) in [6, 6.07) is 0.00218. The molecule has 0 spiro atoms. The Morgan fingerprint density at radius 3 is 2.25 bits per heavy atom. The first-order chi connectivity index (χ1) is 7.14. The van der Waals surface area contributed by atoms with Crippen LogP contribution in [-0.2, 0) is 9.47 Å². The van der Waals surface area contributed by atoms with Crippen LogP contribution in [0.15, 0.2) is 0 Å². The number of amides is 1. The number of epoxide rings is 1. The Morgan fingerprint density at radius 2 is 1.94 bits per heavy atom. The summed E-state index contributed by atoms with van der Waals surface area (Å²) in [5, 5.41) is 2.89. The first-order valence-corrected chi connectivity index (χ1v) is 5.77.